The van der Waals surface area contributed by atoms with Crippen molar-refractivity contribution in [3.05, 3.63) is 35.3 Å². The SMILES string of the molecule is CC(C)c1nc2n(n1)CC(NCc1ccc(CSC(F)F)o1)CC2. The van der Waals surface area contributed by atoms with Crippen LogP contribution < -0.4 is 5.32 Å². The minimum atomic E-state index is -2.37. The van der Waals surface area contributed by atoms with E-state index in [0.29, 0.717) is 36.0 Å². The van der Waals surface area contributed by atoms with Crippen molar-refractivity contribution in [2.45, 2.75) is 63.2 Å². The Labute approximate surface area is 144 Å². The van der Waals surface area contributed by atoms with Crippen molar-refractivity contribution in [1.29, 1.82) is 0 Å². The molecule has 2 aromatic rings. The first-order valence-electron chi connectivity index (χ1n) is 8.15. The minimum absolute atomic E-state index is 0.196. The molecule has 2 aromatic heterocycles. The van der Waals surface area contributed by atoms with E-state index in [0.717, 1.165) is 36.8 Å². The molecule has 0 spiro atoms. The molecule has 8 heteroatoms. The van der Waals surface area contributed by atoms with Gasteiger partial charge in [-0.1, -0.05) is 25.6 Å². The Kier molecular flexibility index (Phi) is 5.55. The van der Waals surface area contributed by atoms with E-state index >= 15 is 0 Å². The van der Waals surface area contributed by atoms with Gasteiger partial charge in [-0.2, -0.15) is 13.9 Å². The fourth-order valence-corrected chi connectivity index (χ4v) is 3.17. The number of thioether (sulfide) groups is 1. The lowest BCUT2D eigenvalue weighted by molar-refractivity contribution is 0.251. The van der Waals surface area contributed by atoms with Gasteiger partial charge in [0.25, 0.3) is 5.76 Å². The summed E-state index contributed by atoms with van der Waals surface area (Å²) < 4.78 is 31.9. The van der Waals surface area contributed by atoms with Crippen LogP contribution in [0, 0.1) is 0 Å². The maximum Gasteiger partial charge on any atom is 0.284 e. The Morgan fingerprint density at radius 1 is 1.38 bits per heavy atom. The number of hydrogen-bond acceptors (Lipinski definition) is 5. The fourth-order valence-electron chi connectivity index (χ4n) is 2.72. The van der Waals surface area contributed by atoms with E-state index in [9.17, 15) is 8.78 Å². The molecule has 1 aliphatic rings. The minimum Gasteiger partial charge on any atom is -0.464 e. The molecule has 3 rings (SSSR count). The lowest BCUT2D eigenvalue weighted by Gasteiger charge is -2.23. The number of nitrogens with one attached hydrogen (secondary N) is 1. The zero-order chi connectivity index (χ0) is 17.1. The van der Waals surface area contributed by atoms with Crippen LogP contribution in [0.25, 0.3) is 0 Å². The van der Waals surface area contributed by atoms with Gasteiger partial charge in [-0.05, 0) is 18.6 Å². The number of rotatable bonds is 7. The number of aryl methyl sites for hydroxylation is 1. The first-order valence-corrected chi connectivity index (χ1v) is 9.20. The van der Waals surface area contributed by atoms with Gasteiger partial charge in [-0.3, -0.25) is 0 Å². The van der Waals surface area contributed by atoms with Crippen LogP contribution in [-0.4, -0.2) is 26.6 Å². The third kappa shape index (κ3) is 4.36. The zero-order valence-corrected chi connectivity index (χ0v) is 14.7. The molecule has 0 aliphatic carbocycles. The fraction of sp³-hybridized carbons (Fsp3) is 0.625. The molecule has 1 aliphatic heterocycles. The summed E-state index contributed by atoms with van der Waals surface area (Å²) >= 11 is 0.575. The maximum atomic E-state index is 12.2. The molecule has 3 heterocycles. The molecule has 0 fully saturated rings. The van der Waals surface area contributed by atoms with Gasteiger partial charge in [0, 0.05) is 18.4 Å². The van der Waals surface area contributed by atoms with E-state index < -0.39 is 5.76 Å². The van der Waals surface area contributed by atoms with Crippen LogP contribution in [0.1, 0.15) is 49.4 Å². The molecule has 0 amide bonds. The summed E-state index contributed by atoms with van der Waals surface area (Å²) in [7, 11) is 0. The Hall–Kier alpha value is -1.41. The Morgan fingerprint density at radius 3 is 2.92 bits per heavy atom. The molecule has 1 N–H and O–H groups in total. The Balaban J connectivity index is 1.50. The van der Waals surface area contributed by atoms with Crippen LogP contribution in [0.4, 0.5) is 8.78 Å². The Bertz CT molecular complexity index is 671. The van der Waals surface area contributed by atoms with E-state index in [-0.39, 0.29) is 5.75 Å². The van der Waals surface area contributed by atoms with E-state index in [2.05, 4.69) is 29.2 Å². The summed E-state index contributed by atoms with van der Waals surface area (Å²) in [6.45, 7) is 5.57. The highest BCUT2D eigenvalue weighted by Crippen LogP contribution is 2.22. The van der Waals surface area contributed by atoms with Crippen LogP contribution in [0.15, 0.2) is 16.5 Å². The van der Waals surface area contributed by atoms with Gasteiger partial charge in [0.15, 0.2) is 5.82 Å². The number of halogens is 2. The third-order valence-corrected chi connectivity index (χ3v) is 4.73. The highest BCUT2D eigenvalue weighted by Gasteiger charge is 2.22. The summed E-state index contributed by atoms with van der Waals surface area (Å²) in [4.78, 5) is 4.58. The largest absolute Gasteiger partial charge is 0.464 e. The van der Waals surface area contributed by atoms with Gasteiger partial charge >= 0.3 is 0 Å². The van der Waals surface area contributed by atoms with Crippen LogP contribution in [0.3, 0.4) is 0 Å². The topological polar surface area (TPSA) is 55.9 Å². The molecule has 5 nitrogen and oxygen atoms in total. The van der Waals surface area contributed by atoms with Gasteiger partial charge in [0.2, 0.25) is 0 Å². The predicted molar refractivity (Wildman–Crippen MR) is 89.1 cm³/mol. The number of alkyl halides is 2. The molecule has 0 radical (unpaired) electrons. The van der Waals surface area contributed by atoms with Crippen LogP contribution >= 0.6 is 11.8 Å². The summed E-state index contributed by atoms with van der Waals surface area (Å²) in [6, 6.07) is 3.91. The zero-order valence-electron chi connectivity index (χ0n) is 13.8. The second-order valence-electron chi connectivity index (χ2n) is 6.28. The van der Waals surface area contributed by atoms with Crippen molar-refractivity contribution in [2.75, 3.05) is 0 Å². The van der Waals surface area contributed by atoms with Crippen LogP contribution in [-0.2, 0) is 25.3 Å². The molecule has 0 saturated carbocycles. The normalized spacial score (nSPS) is 17.7. The third-order valence-electron chi connectivity index (χ3n) is 4.02. The van der Waals surface area contributed by atoms with Crippen molar-refractivity contribution in [2.24, 2.45) is 0 Å². The highest BCUT2D eigenvalue weighted by atomic mass is 32.2. The first-order chi connectivity index (χ1) is 11.5. The van der Waals surface area contributed by atoms with Crippen molar-refractivity contribution < 1.29 is 13.2 Å². The van der Waals surface area contributed by atoms with Crippen LogP contribution in [0.5, 0.6) is 0 Å². The molecule has 1 unspecified atom stereocenters. The monoisotopic (exact) mass is 356 g/mol. The average Bonchev–Trinajstić information content (AvgIpc) is 3.17. The number of fused-ring (bicyclic) bond motifs is 1. The van der Waals surface area contributed by atoms with Crippen molar-refractivity contribution in [3.63, 3.8) is 0 Å². The lowest BCUT2D eigenvalue weighted by Crippen LogP contribution is -2.37. The van der Waals surface area contributed by atoms with Crippen molar-refractivity contribution >= 4 is 11.8 Å². The van der Waals surface area contributed by atoms with Gasteiger partial charge in [0.05, 0.1) is 18.8 Å². The lowest BCUT2D eigenvalue weighted by atomic mass is 10.1. The molecule has 24 heavy (non-hydrogen) atoms. The second kappa shape index (κ2) is 7.65. The number of hydrogen-bond donors (Lipinski definition) is 1. The molecule has 132 valence electrons. The smallest absolute Gasteiger partial charge is 0.284 e. The summed E-state index contributed by atoms with van der Waals surface area (Å²) in [5.74, 6) is 1.47. The Morgan fingerprint density at radius 2 is 2.17 bits per heavy atom. The van der Waals surface area contributed by atoms with E-state index in [1.54, 1.807) is 6.07 Å². The first kappa shape index (κ1) is 17.4. The molecule has 0 bridgehead atoms. The van der Waals surface area contributed by atoms with Crippen molar-refractivity contribution in [3.8, 4) is 0 Å². The summed E-state index contributed by atoms with van der Waals surface area (Å²) in [6.07, 6.45) is 1.91. The average molecular weight is 356 g/mol. The van der Waals surface area contributed by atoms with Gasteiger partial charge in [0.1, 0.15) is 17.3 Å². The van der Waals surface area contributed by atoms with Gasteiger partial charge in [-0.15, -0.1) is 0 Å². The number of aromatic nitrogens is 3. The summed E-state index contributed by atoms with van der Waals surface area (Å²) in [5.41, 5.74) is 0. The molecule has 0 aromatic carbocycles. The van der Waals surface area contributed by atoms with E-state index in [1.165, 1.54) is 0 Å². The maximum absolute atomic E-state index is 12.2. The van der Waals surface area contributed by atoms with Crippen LogP contribution in [0.2, 0.25) is 0 Å². The van der Waals surface area contributed by atoms with Gasteiger partial charge in [-0.25, -0.2) is 9.67 Å². The summed E-state index contributed by atoms with van der Waals surface area (Å²) in [5, 5.41) is 8.03. The molecular weight excluding hydrogens is 334 g/mol. The molecule has 1 atom stereocenters. The standard InChI is InChI=1S/C16H22F2N4OS/c1-10(2)15-20-14-6-3-11(8-22(14)21-15)19-7-12-4-5-13(23-12)9-24-16(17)18/h4-5,10-11,16,19H,3,6-9H2,1-2H3. The highest BCUT2D eigenvalue weighted by molar-refractivity contribution is 7.98. The van der Waals surface area contributed by atoms with E-state index in [1.807, 2.05) is 10.7 Å². The molecular formula is C16H22F2N4OS. The van der Waals surface area contributed by atoms with E-state index in [4.69, 9.17) is 4.42 Å². The van der Waals surface area contributed by atoms with Crippen molar-refractivity contribution in [1.82, 2.24) is 20.1 Å². The predicted octanol–water partition coefficient (Wildman–Crippen LogP) is 3.55. The van der Waals surface area contributed by atoms with Gasteiger partial charge < -0.3 is 9.73 Å². The molecule has 0 saturated heterocycles. The number of nitrogens with zero attached hydrogens (tertiary/aromatic N) is 3. The number of furan rings is 1. The second-order valence-corrected chi connectivity index (χ2v) is 7.26. The quantitative estimate of drug-likeness (QED) is 0.822.